The van der Waals surface area contributed by atoms with E-state index in [2.05, 4.69) is 27.8 Å². The van der Waals surface area contributed by atoms with Gasteiger partial charge in [0.2, 0.25) is 27.6 Å². The number of hydrogen-bond acceptors (Lipinski definition) is 7. The lowest BCUT2D eigenvalue weighted by molar-refractivity contribution is -0.145. The number of sulfonamides is 1. The Balaban J connectivity index is 1.83. The highest BCUT2D eigenvalue weighted by Gasteiger charge is 2.70. The monoisotopic (exact) mass is 680 g/mol. The number of likely N-dealkylation sites (N-methyl/N-ethyl adjacent to an activating group) is 1. The van der Waals surface area contributed by atoms with Gasteiger partial charge in [-0.2, -0.15) is 0 Å². The molecule has 0 radical (unpaired) electrons. The van der Waals surface area contributed by atoms with Crippen LogP contribution in [0.2, 0.25) is 0 Å². The van der Waals surface area contributed by atoms with E-state index in [4.69, 9.17) is 0 Å². The number of urea groups is 1. The van der Waals surface area contributed by atoms with E-state index >= 15 is 0 Å². The van der Waals surface area contributed by atoms with Crippen molar-refractivity contribution < 1.29 is 32.4 Å². The van der Waals surface area contributed by atoms with E-state index in [1.807, 2.05) is 55.4 Å². The van der Waals surface area contributed by atoms with Gasteiger partial charge in [0.15, 0.2) is 0 Å². The molecule has 0 aromatic carbocycles. The maximum Gasteiger partial charge on any atom is 0.315 e. The Labute approximate surface area is 280 Å². The maximum absolute atomic E-state index is 14.3. The first-order valence-corrected chi connectivity index (χ1v) is 18.3. The molecule has 0 spiro atoms. The Morgan fingerprint density at radius 2 is 1.60 bits per heavy atom. The predicted molar refractivity (Wildman–Crippen MR) is 179 cm³/mol. The van der Waals surface area contributed by atoms with Gasteiger partial charge in [0, 0.05) is 32.7 Å². The van der Waals surface area contributed by atoms with Crippen molar-refractivity contribution in [2.45, 2.75) is 98.8 Å². The Hall–Kier alpha value is -3.00. The van der Waals surface area contributed by atoms with Crippen molar-refractivity contribution in [1.82, 2.24) is 30.5 Å². The summed E-state index contributed by atoms with van der Waals surface area (Å²) in [5.74, 6) is -2.28. The Kier molecular flexibility index (Phi) is 11.3. The van der Waals surface area contributed by atoms with Crippen LogP contribution in [0, 0.1) is 34.0 Å². The highest BCUT2D eigenvalue weighted by atomic mass is 32.2. The number of amides is 5. The molecule has 1 aliphatic heterocycles. The van der Waals surface area contributed by atoms with Crippen molar-refractivity contribution >= 4 is 39.6 Å². The number of piperidine rings is 1. The second-order valence-electron chi connectivity index (χ2n) is 16.4. The van der Waals surface area contributed by atoms with Crippen LogP contribution >= 0.6 is 0 Å². The van der Waals surface area contributed by atoms with Gasteiger partial charge < -0.3 is 26.2 Å². The molecule has 13 nitrogen and oxygen atoms in total. The van der Waals surface area contributed by atoms with E-state index in [0.29, 0.717) is 13.0 Å². The minimum atomic E-state index is -3.50. The molecule has 3 rings (SSSR count). The Bertz CT molecular complexity index is 1360. The number of ketones is 1. The van der Waals surface area contributed by atoms with E-state index in [1.165, 1.54) is 22.3 Å². The molecule has 1 heterocycles. The Morgan fingerprint density at radius 1 is 1.00 bits per heavy atom. The molecule has 2 saturated carbocycles. The summed E-state index contributed by atoms with van der Waals surface area (Å²) in [6.07, 6.45) is 4.74. The van der Waals surface area contributed by atoms with Crippen LogP contribution in [-0.4, -0.2) is 104 Å². The lowest BCUT2D eigenvalue weighted by atomic mass is 9.85. The maximum atomic E-state index is 14.3. The predicted octanol–water partition coefficient (Wildman–Crippen LogP) is 1.65. The largest absolute Gasteiger partial charge is 0.346 e. The SMILES string of the molecule is C=CCNC(=O)C(=O)C(CC1CC1)NC(=O)[C@@H]1[C@@H]2[C@H](CN1C(=O)[C@@H](NC(=O)N[C@H](CN(C)S(C)(=O)=O)C(C)(C)C)C(C)(C)C)C2(C)C. The van der Waals surface area contributed by atoms with Crippen molar-refractivity contribution in [3.63, 3.8) is 0 Å². The van der Waals surface area contributed by atoms with E-state index < -0.39 is 74.6 Å². The fraction of sp³-hybridized carbons (Fsp3) is 0.788. The summed E-state index contributed by atoms with van der Waals surface area (Å²) >= 11 is 0. The zero-order chi connectivity index (χ0) is 35.9. The Morgan fingerprint density at radius 3 is 2.09 bits per heavy atom. The van der Waals surface area contributed by atoms with Crippen LogP contribution in [0.5, 0.6) is 0 Å². The van der Waals surface area contributed by atoms with E-state index in [0.717, 1.165) is 19.1 Å². The lowest BCUT2D eigenvalue weighted by Gasteiger charge is -2.39. The minimum absolute atomic E-state index is 0.0308. The summed E-state index contributed by atoms with van der Waals surface area (Å²) in [5, 5.41) is 11.0. The van der Waals surface area contributed by atoms with Crippen molar-refractivity contribution in [3.05, 3.63) is 12.7 Å². The molecule has 1 unspecified atom stereocenters. The molecule has 3 fully saturated rings. The quantitative estimate of drug-likeness (QED) is 0.159. The van der Waals surface area contributed by atoms with Gasteiger partial charge in [0.1, 0.15) is 12.1 Å². The van der Waals surface area contributed by atoms with Gasteiger partial charge in [0.05, 0.1) is 12.3 Å². The molecule has 0 aromatic rings. The number of fused-ring (bicyclic) bond motifs is 1. The van der Waals surface area contributed by atoms with E-state index in [-0.39, 0.29) is 36.3 Å². The van der Waals surface area contributed by atoms with Crippen LogP contribution in [0.1, 0.15) is 74.7 Å². The molecular weight excluding hydrogens is 624 g/mol. The van der Waals surface area contributed by atoms with Crippen LogP contribution in [0.15, 0.2) is 12.7 Å². The van der Waals surface area contributed by atoms with Gasteiger partial charge in [-0.15, -0.1) is 6.58 Å². The summed E-state index contributed by atoms with van der Waals surface area (Å²) < 4.78 is 25.4. The van der Waals surface area contributed by atoms with Crippen LogP contribution in [0.4, 0.5) is 4.79 Å². The van der Waals surface area contributed by atoms with E-state index in [1.54, 1.807) is 0 Å². The fourth-order valence-electron chi connectivity index (χ4n) is 6.47. The van der Waals surface area contributed by atoms with Crippen molar-refractivity contribution in [2.24, 2.45) is 34.0 Å². The fourth-order valence-corrected chi connectivity index (χ4v) is 6.89. The van der Waals surface area contributed by atoms with Gasteiger partial charge in [-0.1, -0.05) is 74.3 Å². The second kappa shape index (κ2) is 13.9. The zero-order valence-corrected chi connectivity index (χ0v) is 30.5. The molecular formula is C33H56N6O7S. The first-order valence-electron chi connectivity index (χ1n) is 16.4. The van der Waals surface area contributed by atoms with Crippen LogP contribution in [0.25, 0.3) is 0 Å². The molecule has 47 heavy (non-hydrogen) atoms. The van der Waals surface area contributed by atoms with Crippen molar-refractivity contribution in [3.8, 4) is 0 Å². The number of carbonyl (C=O) groups excluding carboxylic acids is 5. The first-order chi connectivity index (χ1) is 21.4. The summed E-state index contributed by atoms with van der Waals surface area (Å²) in [4.78, 5) is 68.9. The molecule has 0 aromatic heterocycles. The summed E-state index contributed by atoms with van der Waals surface area (Å²) in [7, 11) is -2.06. The number of Topliss-reactive ketones (excluding diaryl/α,β-unsaturated/α-hetero) is 1. The highest BCUT2D eigenvalue weighted by molar-refractivity contribution is 7.88. The topological polar surface area (TPSA) is 174 Å². The average molecular weight is 681 g/mol. The molecule has 4 N–H and O–H groups in total. The smallest absolute Gasteiger partial charge is 0.315 e. The minimum Gasteiger partial charge on any atom is -0.346 e. The third-order valence-corrected chi connectivity index (χ3v) is 11.3. The number of hydrogen-bond donors (Lipinski definition) is 4. The van der Waals surface area contributed by atoms with Gasteiger partial charge in [0.25, 0.3) is 5.91 Å². The third-order valence-electron chi connectivity index (χ3n) is 10.0. The molecule has 3 aliphatic rings. The molecule has 2 aliphatic carbocycles. The summed E-state index contributed by atoms with van der Waals surface area (Å²) in [6.45, 7) is 19.2. The highest BCUT2D eigenvalue weighted by Crippen LogP contribution is 2.65. The molecule has 14 heteroatoms. The van der Waals surface area contributed by atoms with Crippen LogP contribution in [0.3, 0.4) is 0 Å². The van der Waals surface area contributed by atoms with Gasteiger partial charge in [-0.25, -0.2) is 17.5 Å². The number of likely N-dealkylation sites (tertiary alicyclic amines) is 1. The van der Waals surface area contributed by atoms with Gasteiger partial charge in [-0.05, 0) is 40.4 Å². The molecule has 6 atom stereocenters. The third kappa shape index (κ3) is 9.33. The zero-order valence-electron chi connectivity index (χ0n) is 29.7. The average Bonchev–Trinajstić information content (AvgIpc) is 3.78. The standard InChI is InChI=1S/C33H56N6O7S/c1-12-15-34-28(42)25(40)21(16-19-13-14-19)35-27(41)24-23-20(33(23,8)9)17-39(24)29(43)26(32(5,6)7)37-30(44)36-22(31(2,3)4)18-38(10)47(11,45)46/h12,19-24,26H,1,13-18H2,2-11H3,(H,34,42)(H,35,41)(H2,36,37,44)/t20-,21?,22+,23-,24-,26+/m0/s1. The van der Waals surface area contributed by atoms with Crippen molar-refractivity contribution in [2.75, 3.05) is 32.9 Å². The summed E-state index contributed by atoms with van der Waals surface area (Å²) in [6, 6.07) is -4.14. The summed E-state index contributed by atoms with van der Waals surface area (Å²) in [5.41, 5.74) is -1.48. The number of nitrogens with zero attached hydrogens (tertiary/aromatic N) is 2. The second-order valence-corrected chi connectivity index (χ2v) is 18.5. The normalized spacial score (nSPS) is 24.0. The number of nitrogens with one attached hydrogen (secondary N) is 4. The number of carbonyl (C=O) groups is 5. The van der Waals surface area contributed by atoms with E-state index in [9.17, 15) is 32.4 Å². The molecule has 266 valence electrons. The van der Waals surface area contributed by atoms with Gasteiger partial charge in [-0.3, -0.25) is 19.2 Å². The lowest BCUT2D eigenvalue weighted by Crippen LogP contribution is -2.62. The van der Waals surface area contributed by atoms with Crippen LogP contribution < -0.4 is 21.3 Å². The number of rotatable bonds is 14. The van der Waals surface area contributed by atoms with Crippen molar-refractivity contribution in [1.29, 1.82) is 0 Å². The first kappa shape index (κ1) is 38.4. The van der Waals surface area contributed by atoms with Gasteiger partial charge >= 0.3 is 6.03 Å². The molecule has 0 bridgehead atoms. The van der Waals surface area contributed by atoms with Crippen LogP contribution in [-0.2, 0) is 29.2 Å². The molecule has 1 saturated heterocycles. The molecule has 5 amide bonds.